The maximum absolute atomic E-state index is 12.2. The lowest BCUT2D eigenvalue weighted by atomic mass is 10.2. The number of anilines is 1. The first kappa shape index (κ1) is 16.6. The van der Waals surface area contributed by atoms with Crippen LogP contribution in [0.3, 0.4) is 0 Å². The summed E-state index contributed by atoms with van der Waals surface area (Å²) in [5.41, 5.74) is 0.316. The summed E-state index contributed by atoms with van der Waals surface area (Å²) in [5.74, 6) is -0.116. The molecule has 2 aromatic rings. The van der Waals surface area contributed by atoms with Gasteiger partial charge >= 0.3 is 0 Å². The smallest absolute Gasteiger partial charge is 0.256 e. The monoisotopic (exact) mass is 351 g/mol. The van der Waals surface area contributed by atoms with Crippen LogP contribution in [0.2, 0.25) is 0 Å². The molecule has 9 heteroatoms. The minimum absolute atomic E-state index is 0.0766. The highest BCUT2D eigenvalue weighted by atomic mass is 32.2. The van der Waals surface area contributed by atoms with Gasteiger partial charge in [0, 0.05) is 24.8 Å². The van der Waals surface area contributed by atoms with E-state index in [0.717, 1.165) is 12.8 Å². The number of hydrogen-bond acceptors (Lipinski definition) is 6. The molecule has 0 saturated carbocycles. The Morgan fingerprint density at radius 2 is 2.04 bits per heavy atom. The van der Waals surface area contributed by atoms with E-state index in [-0.39, 0.29) is 23.4 Å². The summed E-state index contributed by atoms with van der Waals surface area (Å²) in [6, 6.07) is 7.16. The van der Waals surface area contributed by atoms with Gasteiger partial charge in [-0.3, -0.25) is 4.79 Å². The van der Waals surface area contributed by atoms with Gasteiger partial charge in [-0.2, -0.15) is 0 Å². The Morgan fingerprint density at radius 3 is 2.67 bits per heavy atom. The third-order valence-corrected chi connectivity index (χ3v) is 5.07. The Bertz CT molecular complexity index is 781. The highest BCUT2D eigenvalue weighted by Gasteiger charge is 2.20. The number of nitrogens with zero attached hydrogens (tertiary/aromatic N) is 1. The van der Waals surface area contributed by atoms with Crippen LogP contribution in [0.4, 0.5) is 5.82 Å². The van der Waals surface area contributed by atoms with Crippen LogP contribution in [-0.2, 0) is 14.8 Å². The molecule has 1 atom stereocenters. The second-order valence-electron chi connectivity index (χ2n) is 5.35. The van der Waals surface area contributed by atoms with Crippen LogP contribution >= 0.6 is 0 Å². The molecule has 1 aliphatic heterocycles. The Kier molecular flexibility index (Phi) is 4.93. The van der Waals surface area contributed by atoms with Crippen molar-refractivity contribution in [2.24, 2.45) is 0 Å². The lowest BCUT2D eigenvalue weighted by molar-refractivity contribution is 0.102. The Labute approximate surface area is 139 Å². The van der Waals surface area contributed by atoms with Crippen molar-refractivity contribution in [1.29, 1.82) is 0 Å². The van der Waals surface area contributed by atoms with E-state index in [9.17, 15) is 13.2 Å². The molecule has 0 spiro atoms. The van der Waals surface area contributed by atoms with Crippen molar-refractivity contribution in [3.8, 4) is 0 Å². The van der Waals surface area contributed by atoms with Crippen LogP contribution < -0.4 is 10.0 Å². The predicted octanol–water partition coefficient (Wildman–Crippen LogP) is 1.38. The van der Waals surface area contributed by atoms with E-state index >= 15 is 0 Å². The predicted molar refractivity (Wildman–Crippen MR) is 85.1 cm³/mol. The zero-order chi connectivity index (χ0) is 17.0. The lowest BCUT2D eigenvalue weighted by Crippen LogP contribution is -2.31. The fourth-order valence-electron chi connectivity index (χ4n) is 2.34. The van der Waals surface area contributed by atoms with Gasteiger partial charge in [0.05, 0.1) is 11.0 Å². The topological polar surface area (TPSA) is 111 Å². The fraction of sp³-hybridized carbons (Fsp3) is 0.333. The van der Waals surface area contributed by atoms with Crippen LogP contribution in [0, 0.1) is 0 Å². The summed E-state index contributed by atoms with van der Waals surface area (Å²) in [4.78, 5) is 12.1. The molecule has 1 aromatic carbocycles. The summed E-state index contributed by atoms with van der Waals surface area (Å²) in [6.45, 7) is 0.915. The highest BCUT2D eigenvalue weighted by molar-refractivity contribution is 7.89. The first-order chi connectivity index (χ1) is 11.5. The first-order valence-corrected chi connectivity index (χ1v) is 8.96. The molecule has 0 radical (unpaired) electrons. The molecule has 1 aliphatic rings. The maximum atomic E-state index is 12.2. The van der Waals surface area contributed by atoms with Crippen LogP contribution in [0.1, 0.15) is 23.2 Å². The average molecular weight is 351 g/mol. The number of rotatable bonds is 6. The molecule has 1 fully saturated rings. The molecular formula is C15H17N3O5S. The number of benzene rings is 1. The van der Waals surface area contributed by atoms with Crippen molar-refractivity contribution >= 4 is 21.7 Å². The second kappa shape index (κ2) is 7.12. The first-order valence-electron chi connectivity index (χ1n) is 7.48. The largest absolute Gasteiger partial charge is 0.377 e. The van der Waals surface area contributed by atoms with Crippen molar-refractivity contribution in [1.82, 2.24) is 9.88 Å². The second-order valence-corrected chi connectivity index (χ2v) is 7.12. The van der Waals surface area contributed by atoms with Crippen LogP contribution in [0.5, 0.6) is 0 Å². The fourth-order valence-corrected chi connectivity index (χ4v) is 3.41. The van der Waals surface area contributed by atoms with Crippen LogP contribution in [0.15, 0.2) is 46.0 Å². The van der Waals surface area contributed by atoms with E-state index in [4.69, 9.17) is 4.74 Å². The van der Waals surface area contributed by atoms with Crippen molar-refractivity contribution in [2.45, 2.75) is 23.8 Å². The summed E-state index contributed by atoms with van der Waals surface area (Å²) in [5, 5.41) is 6.11. The molecule has 8 nitrogen and oxygen atoms in total. The van der Waals surface area contributed by atoms with E-state index in [1.807, 2.05) is 0 Å². The van der Waals surface area contributed by atoms with Gasteiger partial charge in [-0.05, 0) is 37.1 Å². The number of nitrogens with one attached hydrogen (secondary N) is 2. The summed E-state index contributed by atoms with van der Waals surface area (Å²) in [6.07, 6.45) is 3.06. The lowest BCUT2D eigenvalue weighted by Gasteiger charge is -2.11. The molecule has 1 amide bonds. The quantitative estimate of drug-likeness (QED) is 0.813. The van der Waals surface area contributed by atoms with Gasteiger partial charge in [-0.1, -0.05) is 5.16 Å². The van der Waals surface area contributed by atoms with E-state index < -0.39 is 15.9 Å². The number of sulfonamides is 1. The van der Waals surface area contributed by atoms with Crippen LogP contribution in [-0.4, -0.2) is 38.7 Å². The number of hydrogen-bond donors (Lipinski definition) is 2. The molecule has 0 bridgehead atoms. The van der Waals surface area contributed by atoms with Crippen molar-refractivity contribution in [2.75, 3.05) is 18.5 Å². The van der Waals surface area contributed by atoms with Crippen molar-refractivity contribution in [3.05, 3.63) is 42.2 Å². The number of carbonyl (C=O) groups is 1. The van der Waals surface area contributed by atoms with E-state index in [1.54, 1.807) is 0 Å². The minimum atomic E-state index is -3.63. The molecule has 2 N–H and O–H groups in total. The number of aromatic nitrogens is 1. The van der Waals surface area contributed by atoms with E-state index in [1.165, 1.54) is 36.6 Å². The van der Waals surface area contributed by atoms with Gasteiger partial charge in [0.15, 0.2) is 5.82 Å². The van der Waals surface area contributed by atoms with Gasteiger partial charge in [0.25, 0.3) is 5.91 Å². The van der Waals surface area contributed by atoms with Crippen molar-refractivity contribution in [3.63, 3.8) is 0 Å². The molecule has 2 heterocycles. The minimum Gasteiger partial charge on any atom is -0.377 e. The SMILES string of the molecule is O=C(Nc1ccon1)c1ccc(S(=O)(=O)NC[C@@H]2CCCO2)cc1. The van der Waals surface area contributed by atoms with Gasteiger partial charge in [0.1, 0.15) is 6.26 Å². The number of amides is 1. The maximum Gasteiger partial charge on any atom is 0.256 e. The van der Waals surface area contributed by atoms with Gasteiger partial charge in [-0.15, -0.1) is 0 Å². The number of carbonyl (C=O) groups excluding carboxylic acids is 1. The van der Waals surface area contributed by atoms with Gasteiger partial charge in [0.2, 0.25) is 10.0 Å². The Balaban J connectivity index is 1.63. The summed E-state index contributed by atoms with van der Waals surface area (Å²) >= 11 is 0. The molecule has 0 unspecified atom stereocenters. The standard InChI is InChI=1S/C15H17N3O5S/c19-15(17-14-7-9-23-18-14)11-3-5-13(6-4-11)24(20,21)16-10-12-2-1-8-22-12/h3-7,9,12,16H,1-2,8,10H2,(H,17,18,19)/t12-/m0/s1. The Morgan fingerprint density at radius 1 is 1.25 bits per heavy atom. The van der Waals surface area contributed by atoms with Gasteiger partial charge < -0.3 is 14.6 Å². The zero-order valence-electron chi connectivity index (χ0n) is 12.8. The van der Waals surface area contributed by atoms with E-state index in [2.05, 4.69) is 19.7 Å². The van der Waals surface area contributed by atoms with Crippen molar-refractivity contribution < 1.29 is 22.5 Å². The molecule has 128 valence electrons. The third-order valence-electron chi connectivity index (χ3n) is 3.63. The molecular weight excluding hydrogens is 334 g/mol. The normalized spacial score (nSPS) is 17.8. The summed E-state index contributed by atoms with van der Waals surface area (Å²) < 4.78 is 37.0. The zero-order valence-corrected chi connectivity index (χ0v) is 13.6. The van der Waals surface area contributed by atoms with E-state index in [0.29, 0.717) is 12.2 Å². The Hall–Kier alpha value is -2.23. The molecule has 1 saturated heterocycles. The molecule has 3 rings (SSSR count). The molecule has 1 aromatic heterocycles. The van der Waals surface area contributed by atoms with Gasteiger partial charge in [-0.25, -0.2) is 13.1 Å². The molecule has 24 heavy (non-hydrogen) atoms. The highest BCUT2D eigenvalue weighted by Crippen LogP contribution is 2.14. The van der Waals surface area contributed by atoms with Crippen LogP contribution in [0.25, 0.3) is 0 Å². The molecule has 0 aliphatic carbocycles. The number of ether oxygens (including phenoxy) is 1. The third kappa shape index (κ3) is 3.99. The average Bonchev–Trinajstić information content (AvgIpc) is 3.27. The summed E-state index contributed by atoms with van der Waals surface area (Å²) in [7, 11) is -3.63.